The molecular formula is C28H42O5. The maximum absolute atomic E-state index is 12.4. The number of hydrogen-bond acceptors (Lipinski definition) is 5. The van der Waals surface area contributed by atoms with Crippen LogP contribution in [0.3, 0.4) is 0 Å². The minimum absolute atomic E-state index is 0.0910. The Bertz CT molecular complexity index is 740. The molecule has 1 fully saturated rings. The SMILES string of the molecule is CCCCC(C)(O)CC=C[C@H]1CCC(=O)[C@@H]1CCCCCCC(O)C(=O)Oc1ccccc1. The van der Waals surface area contributed by atoms with E-state index in [1.54, 1.807) is 24.3 Å². The van der Waals surface area contributed by atoms with Crippen LogP contribution in [0.5, 0.6) is 5.75 Å². The fraction of sp³-hybridized carbons (Fsp3) is 0.643. The van der Waals surface area contributed by atoms with E-state index in [1.807, 2.05) is 13.0 Å². The molecule has 1 aromatic carbocycles. The van der Waals surface area contributed by atoms with Gasteiger partial charge >= 0.3 is 5.97 Å². The van der Waals surface area contributed by atoms with Crippen molar-refractivity contribution >= 4 is 11.8 Å². The lowest BCUT2D eigenvalue weighted by Gasteiger charge is -2.21. The van der Waals surface area contributed by atoms with Crippen LogP contribution in [0.4, 0.5) is 0 Å². The number of aliphatic hydroxyl groups excluding tert-OH is 1. The number of para-hydroxylation sites is 1. The van der Waals surface area contributed by atoms with Crippen LogP contribution >= 0.6 is 0 Å². The van der Waals surface area contributed by atoms with Crippen molar-refractivity contribution in [3.63, 3.8) is 0 Å². The lowest BCUT2D eigenvalue weighted by atomic mass is 9.88. The number of unbranched alkanes of at least 4 members (excludes halogenated alkanes) is 4. The second kappa shape index (κ2) is 14.3. The fourth-order valence-corrected chi connectivity index (χ4v) is 4.54. The molecule has 0 radical (unpaired) electrons. The van der Waals surface area contributed by atoms with Gasteiger partial charge < -0.3 is 14.9 Å². The van der Waals surface area contributed by atoms with Crippen LogP contribution < -0.4 is 4.74 Å². The van der Waals surface area contributed by atoms with Gasteiger partial charge in [-0.15, -0.1) is 0 Å². The molecule has 0 saturated heterocycles. The average Bonchev–Trinajstić information content (AvgIpc) is 3.14. The molecule has 5 nitrogen and oxygen atoms in total. The van der Waals surface area contributed by atoms with Gasteiger partial charge in [0.1, 0.15) is 11.5 Å². The zero-order valence-corrected chi connectivity index (χ0v) is 20.4. The van der Waals surface area contributed by atoms with Gasteiger partial charge in [0, 0.05) is 12.3 Å². The van der Waals surface area contributed by atoms with E-state index < -0.39 is 17.7 Å². The molecule has 33 heavy (non-hydrogen) atoms. The third-order valence-corrected chi connectivity index (χ3v) is 6.64. The van der Waals surface area contributed by atoms with Crippen molar-refractivity contribution in [1.29, 1.82) is 0 Å². The average molecular weight is 459 g/mol. The summed E-state index contributed by atoms with van der Waals surface area (Å²) in [6.45, 7) is 4.02. The zero-order chi connectivity index (χ0) is 24.1. The summed E-state index contributed by atoms with van der Waals surface area (Å²) in [6.07, 6.45) is 13.1. The molecule has 0 amide bonds. The summed E-state index contributed by atoms with van der Waals surface area (Å²) < 4.78 is 5.17. The first-order chi connectivity index (χ1) is 15.8. The Morgan fingerprint density at radius 2 is 1.91 bits per heavy atom. The fourth-order valence-electron chi connectivity index (χ4n) is 4.54. The van der Waals surface area contributed by atoms with E-state index in [0.29, 0.717) is 30.8 Å². The number of hydrogen-bond donors (Lipinski definition) is 2. The smallest absolute Gasteiger partial charge is 0.340 e. The standard InChI is InChI=1S/C28H42O5/c1-3-4-20-28(2,32)21-12-13-22-18-19-25(29)24(22)16-10-5-6-11-17-26(30)27(31)33-23-14-8-7-9-15-23/h7-9,12-15,22,24,26,30,32H,3-6,10-11,16-21H2,1-2H3/t22-,24+,26?,28?/m0/s1. The summed E-state index contributed by atoms with van der Waals surface area (Å²) >= 11 is 0. The summed E-state index contributed by atoms with van der Waals surface area (Å²) in [5, 5.41) is 20.5. The summed E-state index contributed by atoms with van der Waals surface area (Å²) in [5.41, 5.74) is -0.664. The van der Waals surface area contributed by atoms with Crippen molar-refractivity contribution in [2.75, 3.05) is 0 Å². The first-order valence-corrected chi connectivity index (χ1v) is 12.7. The number of esters is 1. The molecule has 2 rings (SSSR count). The Morgan fingerprint density at radius 3 is 2.64 bits per heavy atom. The Kier molecular flexibility index (Phi) is 11.8. The molecule has 0 spiro atoms. The maximum Gasteiger partial charge on any atom is 0.340 e. The van der Waals surface area contributed by atoms with Crippen LogP contribution in [-0.4, -0.2) is 33.7 Å². The van der Waals surface area contributed by atoms with Gasteiger partial charge in [0.15, 0.2) is 6.10 Å². The number of ether oxygens (including phenoxy) is 1. The van der Waals surface area contributed by atoms with Gasteiger partial charge in [-0.05, 0) is 57.1 Å². The molecule has 1 aliphatic carbocycles. The third kappa shape index (κ3) is 10.2. The lowest BCUT2D eigenvalue weighted by Crippen LogP contribution is -2.25. The Labute approximate surface area is 199 Å². The number of ketones is 1. The second-order valence-electron chi connectivity index (χ2n) is 9.75. The van der Waals surface area contributed by atoms with E-state index in [2.05, 4.69) is 19.1 Å². The normalized spacial score (nSPS) is 21.3. The Balaban J connectivity index is 1.63. The van der Waals surface area contributed by atoms with Crippen LogP contribution in [0.1, 0.15) is 90.9 Å². The number of rotatable bonds is 15. The number of Topliss-reactive ketones (excluding diaryl/α,β-unsaturated/α-hetero) is 1. The first-order valence-electron chi connectivity index (χ1n) is 12.7. The molecule has 1 saturated carbocycles. The topological polar surface area (TPSA) is 83.8 Å². The molecule has 1 aromatic rings. The molecular weight excluding hydrogens is 416 g/mol. The van der Waals surface area contributed by atoms with Crippen molar-refractivity contribution in [2.45, 2.75) is 103 Å². The summed E-state index contributed by atoms with van der Waals surface area (Å²) in [6, 6.07) is 8.77. The number of carbonyl (C=O) groups is 2. The predicted molar refractivity (Wildman–Crippen MR) is 131 cm³/mol. The monoisotopic (exact) mass is 458 g/mol. The summed E-state index contributed by atoms with van der Waals surface area (Å²) in [4.78, 5) is 24.3. The van der Waals surface area contributed by atoms with Gasteiger partial charge in [0.2, 0.25) is 0 Å². The van der Waals surface area contributed by atoms with E-state index in [-0.39, 0.29) is 11.8 Å². The molecule has 184 valence electrons. The van der Waals surface area contributed by atoms with Crippen LogP contribution in [0.25, 0.3) is 0 Å². The molecule has 0 bridgehead atoms. The summed E-state index contributed by atoms with van der Waals surface area (Å²) in [5.74, 6) is 0.570. The second-order valence-corrected chi connectivity index (χ2v) is 9.75. The molecule has 2 N–H and O–H groups in total. The number of allylic oxidation sites excluding steroid dienone is 1. The van der Waals surface area contributed by atoms with Crippen LogP contribution in [0.15, 0.2) is 42.5 Å². The number of carbonyl (C=O) groups excluding carboxylic acids is 2. The maximum atomic E-state index is 12.4. The van der Waals surface area contributed by atoms with E-state index in [1.165, 1.54) is 0 Å². The van der Waals surface area contributed by atoms with Gasteiger partial charge in [-0.3, -0.25) is 4.79 Å². The highest BCUT2D eigenvalue weighted by molar-refractivity contribution is 5.83. The zero-order valence-electron chi connectivity index (χ0n) is 20.4. The molecule has 1 aliphatic rings. The van der Waals surface area contributed by atoms with E-state index in [4.69, 9.17) is 4.74 Å². The van der Waals surface area contributed by atoms with Gasteiger partial charge in [-0.25, -0.2) is 4.79 Å². The van der Waals surface area contributed by atoms with Crippen LogP contribution in [-0.2, 0) is 9.59 Å². The Hall–Kier alpha value is -1.98. The van der Waals surface area contributed by atoms with Gasteiger partial charge in [-0.2, -0.15) is 0 Å². The Morgan fingerprint density at radius 1 is 1.18 bits per heavy atom. The highest BCUT2D eigenvalue weighted by atomic mass is 16.5. The van der Waals surface area contributed by atoms with Crippen molar-refractivity contribution < 1.29 is 24.5 Å². The molecule has 2 unspecified atom stereocenters. The van der Waals surface area contributed by atoms with Crippen molar-refractivity contribution in [2.24, 2.45) is 11.8 Å². The highest BCUT2D eigenvalue weighted by Crippen LogP contribution is 2.34. The minimum atomic E-state index is -1.11. The number of aliphatic hydroxyl groups is 2. The van der Waals surface area contributed by atoms with Gasteiger partial charge in [-0.1, -0.05) is 75.8 Å². The lowest BCUT2D eigenvalue weighted by molar-refractivity contribution is -0.144. The largest absolute Gasteiger partial charge is 0.425 e. The molecule has 5 heteroatoms. The van der Waals surface area contributed by atoms with Crippen LogP contribution in [0, 0.1) is 11.8 Å². The van der Waals surface area contributed by atoms with E-state index in [9.17, 15) is 19.8 Å². The number of benzene rings is 1. The van der Waals surface area contributed by atoms with Gasteiger partial charge in [0.05, 0.1) is 5.60 Å². The highest BCUT2D eigenvalue weighted by Gasteiger charge is 2.32. The third-order valence-electron chi connectivity index (χ3n) is 6.64. The van der Waals surface area contributed by atoms with Crippen molar-refractivity contribution in [3.8, 4) is 5.75 Å². The van der Waals surface area contributed by atoms with E-state index in [0.717, 1.165) is 57.8 Å². The molecule has 0 aromatic heterocycles. The van der Waals surface area contributed by atoms with Crippen molar-refractivity contribution in [1.82, 2.24) is 0 Å². The predicted octanol–water partition coefficient (Wildman–Crippen LogP) is 5.78. The van der Waals surface area contributed by atoms with Crippen LogP contribution in [0.2, 0.25) is 0 Å². The first kappa shape index (κ1) is 27.3. The quantitative estimate of drug-likeness (QED) is 0.151. The summed E-state index contributed by atoms with van der Waals surface area (Å²) in [7, 11) is 0. The van der Waals surface area contributed by atoms with Gasteiger partial charge in [0.25, 0.3) is 0 Å². The minimum Gasteiger partial charge on any atom is -0.425 e. The molecule has 0 heterocycles. The van der Waals surface area contributed by atoms with Crippen molar-refractivity contribution in [3.05, 3.63) is 42.5 Å². The van der Waals surface area contributed by atoms with E-state index >= 15 is 0 Å². The molecule has 4 atom stereocenters. The molecule has 0 aliphatic heterocycles.